The molecule has 0 unspecified atom stereocenters. The topological polar surface area (TPSA) is 44.4 Å². The molecule has 2 rings (SSSR count). The van der Waals surface area contributed by atoms with Crippen LogP contribution < -0.4 is 10.9 Å². The largest absolute Gasteiger partial charge is 0.303 e. The van der Waals surface area contributed by atoms with Crippen molar-refractivity contribution in [1.82, 2.24) is 15.8 Å². The van der Waals surface area contributed by atoms with Gasteiger partial charge in [0.15, 0.2) is 0 Å². The summed E-state index contributed by atoms with van der Waals surface area (Å²) in [6, 6.07) is 4.22. The molecule has 132 valence electrons. The van der Waals surface area contributed by atoms with Gasteiger partial charge in [-0.3, -0.25) is 15.1 Å². The van der Waals surface area contributed by atoms with Crippen molar-refractivity contribution in [3.05, 3.63) is 39.5 Å². The molecule has 0 saturated heterocycles. The van der Waals surface area contributed by atoms with E-state index in [0.717, 1.165) is 41.1 Å². The third-order valence-electron chi connectivity index (χ3n) is 4.01. The van der Waals surface area contributed by atoms with Gasteiger partial charge < -0.3 is 5.43 Å². The van der Waals surface area contributed by atoms with Gasteiger partial charge in [-0.05, 0) is 56.1 Å². The molecule has 0 fully saturated rings. The van der Waals surface area contributed by atoms with Gasteiger partial charge in [0.2, 0.25) is 5.91 Å². The smallest absolute Gasteiger partial charge is 0.248 e. The zero-order valence-corrected chi connectivity index (χ0v) is 17.0. The standard InChI is InChI=1S/C18H26BrN3OS/c1-4-7-22-8-5-15(6-9-22)20-21-18(23)12-24-17-11-13(2)16(19)10-14(17)3/h5,10-11,20H,4,6-9,12H2,1-3H3,(H,21,23). The van der Waals surface area contributed by atoms with Gasteiger partial charge in [-0.1, -0.05) is 22.9 Å². The molecule has 1 aromatic rings. The number of carbonyl (C=O) groups excluding carboxylic acids is 1. The zero-order chi connectivity index (χ0) is 17.5. The van der Waals surface area contributed by atoms with Crippen molar-refractivity contribution in [3.63, 3.8) is 0 Å². The van der Waals surface area contributed by atoms with Crippen LogP contribution >= 0.6 is 27.7 Å². The number of hydrazine groups is 1. The van der Waals surface area contributed by atoms with Gasteiger partial charge in [-0.25, -0.2) is 0 Å². The molecule has 1 aliphatic rings. The molecule has 0 spiro atoms. The highest BCUT2D eigenvalue weighted by atomic mass is 79.9. The average Bonchev–Trinajstić information content (AvgIpc) is 2.56. The number of thioether (sulfide) groups is 1. The molecule has 0 bridgehead atoms. The van der Waals surface area contributed by atoms with E-state index in [1.54, 1.807) is 11.8 Å². The number of nitrogens with zero attached hydrogens (tertiary/aromatic N) is 1. The summed E-state index contributed by atoms with van der Waals surface area (Å²) < 4.78 is 1.11. The van der Waals surface area contributed by atoms with E-state index in [9.17, 15) is 4.79 Å². The summed E-state index contributed by atoms with van der Waals surface area (Å²) >= 11 is 5.11. The van der Waals surface area contributed by atoms with Crippen LogP contribution in [0.2, 0.25) is 0 Å². The zero-order valence-electron chi connectivity index (χ0n) is 14.6. The predicted octanol–water partition coefficient (Wildman–Crippen LogP) is 3.78. The summed E-state index contributed by atoms with van der Waals surface area (Å²) in [6.07, 6.45) is 4.30. The van der Waals surface area contributed by atoms with Gasteiger partial charge >= 0.3 is 0 Å². The fraction of sp³-hybridized carbons (Fsp3) is 0.500. The molecule has 0 aromatic heterocycles. The summed E-state index contributed by atoms with van der Waals surface area (Å²) in [7, 11) is 0. The summed E-state index contributed by atoms with van der Waals surface area (Å²) in [4.78, 5) is 15.6. The third-order valence-corrected chi connectivity index (χ3v) is 6.02. The molecule has 0 saturated carbocycles. The molecule has 0 atom stereocenters. The van der Waals surface area contributed by atoms with E-state index < -0.39 is 0 Å². The van der Waals surface area contributed by atoms with E-state index in [2.05, 4.69) is 70.7 Å². The maximum atomic E-state index is 12.0. The van der Waals surface area contributed by atoms with Crippen LogP contribution in [0, 0.1) is 13.8 Å². The summed E-state index contributed by atoms with van der Waals surface area (Å²) in [5.41, 5.74) is 9.36. The first-order chi connectivity index (χ1) is 11.5. The number of nitrogens with one attached hydrogen (secondary N) is 2. The van der Waals surface area contributed by atoms with Gasteiger partial charge in [0.05, 0.1) is 5.75 Å². The van der Waals surface area contributed by atoms with Gasteiger partial charge in [0, 0.05) is 34.6 Å². The molecule has 1 aliphatic heterocycles. The van der Waals surface area contributed by atoms with Crippen LogP contribution in [-0.2, 0) is 4.79 Å². The van der Waals surface area contributed by atoms with Gasteiger partial charge in [-0.15, -0.1) is 11.8 Å². The number of hydrogen-bond donors (Lipinski definition) is 2. The lowest BCUT2D eigenvalue weighted by atomic mass is 10.2. The number of aryl methyl sites for hydroxylation is 2. The maximum Gasteiger partial charge on any atom is 0.248 e. The van der Waals surface area contributed by atoms with E-state index in [-0.39, 0.29) is 5.91 Å². The van der Waals surface area contributed by atoms with E-state index in [4.69, 9.17) is 0 Å². The Hall–Kier alpha value is -0.980. The van der Waals surface area contributed by atoms with Crippen molar-refractivity contribution < 1.29 is 4.79 Å². The van der Waals surface area contributed by atoms with Crippen LogP contribution in [-0.4, -0.2) is 36.2 Å². The Morgan fingerprint density at radius 2 is 2.12 bits per heavy atom. The number of amides is 1. The van der Waals surface area contributed by atoms with Crippen LogP contribution in [0.1, 0.15) is 30.9 Å². The second-order valence-corrected chi connectivity index (χ2v) is 7.98. The van der Waals surface area contributed by atoms with E-state index in [1.807, 2.05) is 0 Å². The molecule has 6 heteroatoms. The quantitative estimate of drug-likeness (QED) is 0.529. The lowest BCUT2D eigenvalue weighted by molar-refractivity contribution is -0.119. The van der Waals surface area contributed by atoms with Crippen molar-refractivity contribution in [3.8, 4) is 0 Å². The van der Waals surface area contributed by atoms with Crippen LogP contribution in [0.5, 0.6) is 0 Å². The van der Waals surface area contributed by atoms with Crippen molar-refractivity contribution in [1.29, 1.82) is 0 Å². The van der Waals surface area contributed by atoms with Crippen LogP contribution in [0.15, 0.2) is 33.3 Å². The normalized spacial score (nSPS) is 15.1. The summed E-state index contributed by atoms with van der Waals surface area (Å²) in [5.74, 6) is 0.404. The summed E-state index contributed by atoms with van der Waals surface area (Å²) in [5, 5.41) is 0. The van der Waals surface area contributed by atoms with Crippen LogP contribution in [0.4, 0.5) is 0 Å². The second-order valence-electron chi connectivity index (χ2n) is 6.11. The first-order valence-electron chi connectivity index (χ1n) is 8.35. The number of rotatable bonds is 7. The SMILES string of the molecule is CCCN1CC=C(NNC(=O)CSc2cc(C)c(Br)cc2C)CC1. The first kappa shape index (κ1) is 19.3. The fourth-order valence-electron chi connectivity index (χ4n) is 2.58. The minimum absolute atomic E-state index is 0.00291. The highest BCUT2D eigenvalue weighted by molar-refractivity contribution is 9.10. The Morgan fingerprint density at radius 3 is 2.79 bits per heavy atom. The summed E-state index contributed by atoms with van der Waals surface area (Å²) in [6.45, 7) is 9.47. The molecule has 1 amide bonds. The second kappa shape index (κ2) is 9.49. The van der Waals surface area contributed by atoms with E-state index in [1.165, 1.54) is 17.5 Å². The Kier molecular flexibility index (Phi) is 7.65. The van der Waals surface area contributed by atoms with E-state index >= 15 is 0 Å². The molecule has 4 nitrogen and oxygen atoms in total. The Labute approximate surface area is 157 Å². The predicted molar refractivity (Wildman–Crippen MR) is 105 cm³/mol. The number of benzene rings is 1. The molecular formula is C18H26BrN3OS. The molecule has 24 heavy (non-hydrogen) atoms. The Balaban J connectivity index is 1.75. The molecule has 0 aliphatic carbocycles. The molecule has 0 radical (unpaired) electrons. The highest BCUT2D eigenvalue weighted by Crippen LogP contribution is 2.28. The lowest BCUT2D eigenvalue weighted by Crippen LogP contribution is -2.41. The Morgan fingerprint density at radius 1 is 1.33 bits per heavy atom. The first-order valence-corrected chi connectivity index (χ1v) is 10.1. The maximum absolute atomic E-state index is 12.0. The van der Waals surface area contributed by atoms with Gasteiger partial charge in [0.25, 0.3) is 0 Å². The van der Waals surface area contributed by atoms with Crippen LogP contribution in [0.25, 0.3) is 0 Å². The molecule has 1 heterocycles. The van der Waals surface area contributed by atoms with Gasteiger partial charge in [0.1, 0.15) is 0 Å². The Bertz CT molecular complexity index is 619. The number of hydrogen-bond acceptors (Lipinski definition) is 4. The minimum atomic E-state index is -0.00291. The third kappa shape index (κ3) is 5.83. The lowest BCUT2D eigenvalue weighted by Gasteiger charge is -2.26. The van der Waals surface area contributed by atoms with Crippen LogP contribution in [0.3, 0.4) is 0 Å². The van der Waals surface area contributed by atoms with Crippen molar-refractivity contribution in [2.24, 2.45) is 0 Å². The fourth-order valence-corrected chi connectivity index (χ4v) is 3.95. The van der Waals surface area contributed by atoms with Crippen molar-refractivity contribution >= 4 is 33.6 Å². The van der Waals surface area contributed by atoms with E-state index in [0.29, 0.717) is 5.75 Å². The number of halogens is 1. The minimum Gasteiger partial charge on any atom is -0.303 e. The highest BCUT2D eigenvalue weighted by Gasteiger charge is 2.11. The average molecular weight is 412 g/mol. The molecule has 2 N–H and O–H groups in total. The molecular weight excluding hydrogens is 386 g/mol. The van der Waals surface area contributed by atoms with Crippen molar-refractivity contribution in [2.45, 2.75) is 38.5 Å². The number of carbonyl (C=O) groups is 1. The van der Waals surface area contributed by atoms with Gasteiger partial charge in [-0.2, -0.15) is 0 Å². The monoisotopic (exact) mass is 411 g/mol. The van der Waals surface area contributed by atoms with Crippen molar-refractivity contribution in [2.75, 3.05) is 25.4 Å². The molecule has 1 aromatic carbocycles.